The highest BCUT2D eigenvalue weighted by Crippen LogP contribution is 2.20. The number of benzene rings is 2. The van der Waals surface area contributed by atoms with Gasteiger partial charge in [0.2, 0.25) is 5.91 Å². The monoisotopic (exact) mass is 402 g/mol. The minimum atomic E-state index is -0.574. The Balaban J connectivity index is 2.20. The molecule has 0 spiro atoms. The Kier molecular flexibility index (Phi) is 7.88. The Morgan fingerprint density at radius 2 is 1.82 bits per heavy atom. The number of hydrogen-bond acceptors (Lipinski definition) is 3. The highest BCUT2D eigenvalue weighted by molar-refractivity contribution is 6.30. The molecule has 2 amide bonds. The maximum Gasteiger partial charge on any atom is 0.261 e. The lowest BCUT2D eigenvalue weighted by atomic mass is 10.1. The van der Waals surface area contributed by atoms with E-state index in [-0.39, 0.29) is 18.4 Å². The van der Waals surface area contributed by atoms with Gasteiger partial charge in [0.15, 0.2) is 6.61 Å². The molecule has 0 aliphatic rings. The molecule has 0 saturated carbocycles. The average molecular weight is 403 g/mol. The lowest BCUT2D eigenvalue weighted by molar-refractivity contribution is -0.142. The normalized spacial score (nSPS) is 11.6. The summed E-state index contributed by atoms with van der Waals surface area (Å²) in [5.74, 6) is 0.232. The number of carbonyl (C=O) groups is 2. The molecule has 0 unspecified atom stereocenters. The first-order chi connectivity index (χ1) is 13.3. The number of rotatable bonds is 8. The van der Waals surface area contributed by atoms with Crippen LogP contribution in [-0.4, -0.2) is 36.4 Å². The fourth-order valence-corrected chi connectivity index (χ4v) is 3.08. The smallest absolute Gasteiger partial charge is 0.261 e. The Labute approximate surface area is 171 Å². The van der Waals surface area contributed by atoms with Crippen molar-refractivity contribution in [1.29, 1.82) is 0 Å². The number of halogens is 1. The molecule has 0 bridgehead atoms. The van der Waals surface area contributed by atoms with Crippen molar-refractivity contribution in [3.05, 3.63) is 64.2 Å². The molecule has 1 N–H and O–H groups in total. The summed E-state index contributed by atoms with van der Waals surface area (Å²) < 4.78 is 5.78. The summed E-state index contributed by atoms with van der Waals surface area (Å²) >= 11 is 5.95. The summed E-state index contributed by atoms with van der Waals surface area (Å²) in [6, 6.07) is 12.5. The van der Waals surface area contributed by atoms with Gasteiger partial charge in [-0.2, -0.15) is 0 Å². The lowest BCUT2D eigenvalue weighted by Gasteiger charge is -2.30. The zero-order valence-electron chi connectivity index (χ0n) is 16.8. The molecule has 2 aromatic carbocycles. The van der Waals surface area contributed by atoms with E-state index in [0.29, 0.717) is 23.7 Å². The number of nitrogens with zero attached hydrogens (tertiary/aromatic N) is 1. The quantitative estimate of drug-likeness (QED) is 0.728. The molecule has 150 valence electrons. The first-order valence-electron chi connectivity index (χ1n) is 9.31. The van der Waals surface area contributed by atoms with Crippen LogP contribution in [0.25, 0.3) is 0 Å². The number of ether oxygens (including phenoxy) is 1. The Hall–Kier alpha value is -2.53. The van der Waals surface area contributed by atoms with Crippen molar-refractivity contribution >= 4 is 23.4 Å². The van der Waals surface area contributed by atoms with Crippen LogP contribution in [0.4, 0.5) is 0 Å². The van der Waals surface area contributed by atoms with Crippen LogP contribution >= 0.6 is 11.6 Å². The Morgan fingerprint density at radius 1 is 1.14 bits per heavy atom. The summed E-state index contributed by atoms with van der Waals surface area (Å²) in [6.07, 6.45) is 0.502. The second-order valence-corrected chi connectivity index (χ2v) is 7.18. The molecule has 5 nitrogen and oxygen atoms in total. The van der Waals surface area contributed by atoms with E-state index in [4.69, 9.17) is 16.3 Å². The number of carbonyl (C=O) groups excluding carboxylic acids is 2. The van der Waals surface area contributed by atoms with Crippen LogP contribution in [0.3, 0.4) is 0 Å². The van der Waals surface area contributed by atoms with Gasteiger partial charge >= 0.3 is 0 Å². The van der Waals surface area contributed by atoms with Crippen LogP contribution < -0.4 is 10.1 Å². The van der Waals surface area contributed by atoms with E-state index in [0.717, 1.165) is 16.7 Å². The van der Waals surface area contributed by atoms with Gasteiger partial charge in [-0.1, -0.05) is 42.8 Å². The number of likely N-dealkylation sites (N-methyl/N-ethyl adjacent to an activating group) is 1. The second-order valence-electron chi connectivity index (χ2n) is 6.74. The van der Waals surface area contributed by atoms with E-state index in [2.05, 4.69) is 5.32 Å². The van der Waals surface area contributed by atoms with Crippen molar-refractivity contribution in [2.45, 2.75) is 39.8 Å². The van der Waals surface area contributed by atoms with Crippen LogP contribution in [0, 0.1) is 13.8 Å². The van der Waals surface area contributed by atoms with Gasteiger partial charge in [-0.15, -0.1) is 0 Å². The van der Waals surface area contributed by atoms with Crippen LogP contribution in [0.2, 0.25) is 5.02 Å². The third kappa shape index (κ3) is 5.73. The second kappa shape index (κ2) is 10.1. The maximum atomic E-state index is 13.0. The van der Waals surface area contributed by atoms with Crippen LogP contribution in [-0.2, 0) is 16.1 Å². The van der Waals surface area contributed by atoms with E-state index < -0.39 is 6.04 Å². The maximum absolute atomic E-state index is 13.0. The molecule has 2 rings (SSSR count). The van der Waals surface area contributed by atoms with Gasteiger partial charge in [-0.05, 0) is 55.2 Å². The summed E-state index contributed by atoms with van der Waals surface area (Å²) in [6.45, 7) is 5.96. The van der Waals surface area contributed by atoms with Gasteiger partial charge in [0.1, 0.15) is 11.8 Å². The van der Waals surface area contributed by atoms with Crippen molar-refractivity contribution in [3.8, 4) is 5.75 Å². The van der Waals surface area contributed by atoms with E-state index in [1.165, 1.54) is 0 Å². The lowest BCUT2D eigenvalue weighted by Crippen LogP contribution is -2.49. The molecule has 0 radical (unpaired) electrons. The zero-order chi connectivity index (χ0) is 20.7. The van der Waals surface area contributed by atoms with E-state index in [9.17, 15) is 9.59 Å². The molecule has 0 heterocycles. The van der Waals surface area contributed by atoms with Crippen molar-refractivity contribution in [2.24, 2.45) is 0 Å². The fourth-order valence-electron chi connectivity index (χ4n) is 2.96. The molecule has 0 aliphatic carbocycles. The largest absolute Gasteiger partial charge is 0.483 e. The molecular formula is C22H27ClN2O3. The average Bonchev–Trinajstić information content (AvgIpc) is 2.69. The Bertz CT molecular complexity index is 821. The number of hydrogen-bond donors (Lipinski definition) is 1. The van der Waals surface area contributed by atoms with Crippen LogP contribution in [0.15, 0.2) is 42.5 Å². The van der Waals surface area contributed by atoms with Gasteiger partial charge in [0.25, 0.3) is 5.91 Å². The summed E-state index contributed by atoms with van der Waals surface area (Å²) in [5.41, 5.74) is 2.91. The molecule has 0 saturated heterocycles. The third-order valence-corrected chi connectivity index (χ3v) is 4.85. The molecule has 1 atom stereocenters. The predicted molar refractivity (Wildman–Crippen MR) is 112 cm³/mol. The number of nitrogens with one attached hydrogen (secondary N) is 1. The van der Waals surface area contributed by atoms with Crippen molar-refractivity contribution < 1.29 is 14.3 Å². The summed E-state index contributed by atoms with van der Waals surface area (Å²) in [4.78, 5) is 26.9. The number of aryl methyl sites for hydroxylation is 2. The first kappa shape index (κ1) is 21.8. The molecule has 28 heavy (non-hydrogen) atoms. The number of amides is 2. The Morgan fingerprint density at radius 3 is 2.43 bits per heavy atom. The van der Waals surface area contributed by atoms with Gasteiger partial charge in [0, 0.05) is 18.6 Å². The molecular weight excluding hydrogens is 376 g/mol. The van der Waals surface area contributed by atoms with Gasteiger partial charge in [-0.3, -0.25) is 9.59 Å². The fraction of sp³-hybridized carbons (Fsp3) is 0.364. The van der Waals surface area contributed by atoms with Crippen molar-refractivity contribution in [3.63, 3.8) is 0 Å². The summed E-state index contributed by atoms with van der Waals surface area (Å²) in [7, 11) is 1.57. The highest BCUT2D eigenvalue weighted by Gasteiger charge is 2.28. The standard InChI is InChI=1S/C22H27ClN2O3/c1-5-19(22(27)24-4)25(13-17-8-10-18(23)11-9-17)21(26)14-28-20-12-15(2)6-7-16(20)3/h6-12,19H,5,13-14H2,1-4H3,(H,24,27)/t19-/m1/s1. The highest BCUT2D eigenvalue weighted by atomic mass is 35.5. The van der Waals surface area contributed by atoms with E-state index in [1.807, 2.05) is 51.1 Å². The van der Waals surface area contributed by atoms with E-state index in [1.54, 1.807) is 24.1 Å². The SMILES string of the molecule is CC[C@H](C(=O)NC)N(Cc1ccc(Cl)cc1)C(=O)COc1cc(C)ccc1C. The molecule has 0 fully saturated rings. The van der Waals surface area contributed by atoms with Crippen molar-refractivity contribution in [2.75, 3.05) is 13.7 Å². The zero-order valence-corrected chi connectivity index (χ0v) is 17.5. The van der Waals surface area contributed by atoms with E-state index >= 15 is 0 Å². The summed E-state index contributed by atoms with van der Waals surface area (Å²) in [5, 5.41) is 3.27. The molecule has 0 aromatic heterocycles. The molecule has 2 aromatic rings. The third-order valence-electron chi connectivity index (χ3n) is 4.59. The molecule has 0 aliphatic heterocycles. The minimum absolute atomic E-state index is 0.134. The topological polar surface area (TPSA) is 58.6 Å². The molecule has 6 heteroatoms. The van der Waals surface area contributed by atoms with Crippen LogP contribution in [0.1, 0.15) is 30.0 Å². The minimum Gasteiger partial charge on any atom is -0.483 e. The first-order valence-corrected chi connectivity index (χ1v) is 9.69. The van der Waals surface area contributed by atoms with Gasteiger partial charge in [-0.25, -0.2) is 0 Å². The van der Waals surface area contributed by atoms with Gasteiger partial charge < -0.3 is 15.0 Å². The van der Waals surface area contributed by atoms with Crippen molar-refractivity contribution in [1.82, 2.24) is 10.2 Å². The van der Waals surface area contributed by atoms with Gasteiger partial charge in [0.05, 0.1) is 0 Å². The van der Waals surface area contributed by atoms with Crippen LogP contribution in [0.5, 0.6) is 5.75 Å². The predicted octanol–water partition coefficient (Wildman–Crippen LogP) is 3.89.